The zero-order chi connectivity index (χ0) is 15.0. The molecule has 0 radical (unpaired) electrons. The average Bonchev–Trinajstić information content (AvgIpc) is 2.46. The number of unbranched alkanes of at least 4 members (excludes halogenated alkanes) is 1. The van der Waals surface area contributed by atoms with Crippen LogP contribution in [0.2, 0.25) is 0 Å². The van der Waals surface area contributed by atoms with Crippen molar-refractivity contribution in [1.82, 2.24) is 10.2 Å². The molecule has 1 aliphatic rings. The van der Waals surface area contributed by atoms with E-state index in [4.69, 9.17) is 0 Å². The van der Waals surface area contributed by atoms with Crippen molar-refractivity contribution in [3.05, 3.63) is 0 Å². The highest BCUT2D eigenvalue weighted by atomic mass is 16.2. The largest absolute Gasteiger partial charge is 0.340 e. The first-order valence-electron chi connectivity index (χ1n) is 8.61. The SMILES string of the molecule is CCCCC(CC)C(=O)N(CC1CCNCC1)C(C)C. The van der Waals surface area contributed by atoms with Crippen LogP contribution in [0.5, 0.6) is 0 Å². The topological polar surface area (TPSA) is 32.3 Å². The summed E-state index contributed by atoms with van der Waals surface area (Å²) in [7, 11) is 0. The maximum atomic E-state index is 12.8. The lowest BCUT2D eigenvalue weighted by Gasteiger charge is -2.35. The highest BCUT2D eigenvalue weighted by Crippen LogP contribution is 2.21. The number of hydrogen-bond acceptors (Lipinski definition) is 2. The van der Waals surface area contributed by atoms with Crippen LogP contribution in [0.1, 0.15) is 66.2 Å². The summed E-state index contributed by atoms with van der Waals surface area (Å²) in [5.41, 5.74) is 0. The van der Waals surface area contributed by atoms with Gasteiger partial charge in [-0.25, -0.2) is 0 Å². The van der Waals surface area contributed by atoms with Gasteiger partial charge in [0.1, 0.15) is 0 Å². The van der Waals surface area contributed by atoms with E-state index >= 15 is 0 Å². The first-order chi connectivity index (χ1) is 9.60. The summed E-state index contributed by atoms with van der Waals surface area (Å²) in [4.78, 5) is 15.0. The van der Waals surface area contributed by atoms with Crippen LogP contribution in [0.3, 0.4) is 0 Å². The molecule has 1 N–H and O–H groups in total. The number of hydrogen-bond donors (Lipinski definition) is 1. The molecule has 0 aromatic rings. The predicted molar refractivity (Wildman–Crippen MR) is 85.7 cm³/mol. The fourth-order valence-electron chi connectivity index (χ4n) is 3.08. The zero-order valence-electron chi connectivity index (χ0n) is 14.0. The lowest BCUT2D eigenvalue weighted by molar-refractivity contribution is -0.138. The molecule has 3 heteroatoms. The lowest BCUT2D eigenvalue weighted by Crippen LogP contribution is -2.45. The zero-order valence-corrected chi connectivity index (χ0v) is 14.0. The van der Waals surface area contributed by atoms with Crippen molar-refractivity contribution >= 4 is 5.91 Å². The standard InChI is InChI=1S/C17H34N2O/c1-5-7-8-16(6-2)17(20)19(14(3)4)13-15-9-11-18-12-10-15/h14-16,18H,5-13H2,1-4H3. The molecule has 1 aliphatic heterocycles. The second-order valence-corrected chi connectivity index (χ2v) is 6.53. The molecule has 1 saturated heterocycles. The van der Waals surface area contributed by atoms with E-state index in [-0.39, 0.29) is 5.92 Å². The molecular formula is C17H34N2O. The number of rotatable bonds is 8. The van der Waals surface area contributed by atoms with Gasteiger partial charge in [0.25, 0.3) is 0 Å². The van der Waals surface area contributed by atoms with E-state index in [1.165, 1.54) is 25.7 Å². The predicted octanol–water partition coefficient (Wildman–Crippen LogP) is 3.44. The van der Waals surface area contributed by atoms with Crippen LogP contribution in [-0.4, -0.2) is 36.5 Å². The number of nitrogens with zero attached hydrogens (tertiary/aromatic N) is 1. The van der Waals surface area contributed by atoms with Gasteiger partial charge in [0, 0.05) is 18.5 Å². The van der Waals surface area contributed by atoms with Gasteiger partial charge in [-0.15, -0.1) is 0 Å². The molecule has 0 aliphatic carbocycles. The minimum Gasteiger partial charge on any atom is -0.340 e. The first kappa shape index (κ1) is 17.5. The molecule has 0 aromatic heterocycles. The summed E-state index contributed by atoms with van der Waals surface area (Å²) in [6, 6.07) is 0.327. The third kappa shape index (κ3) is 5.43. The van der Waals surface area contributed by atoms with Crippen molar-refractivity contribution < 1.29 is 4.79 Å². The summed E-state index contributed by atoms with van der Waals surface area (Å²) in [6.45, 7) is 11.8. The minimum atomic E-state index is 0.235. The number of amides is 1. The van der Waals surface area contributed by atoms with Crippen molar-refractivity contribution in [1.29, 1.82) is 0 Å². The van der Waals surface area contributed by atoms with E-state index in [0.717, 1.165) is 32.5 Å². The molecule has 1 fully saturated rings. The van der Waals surface area contributed by atoms with Crippen LogP contribution in [0, 0.1) is 11.8 Å². The van der Waals surface area contributed by atoms with Gasteiger partial charge in [-0.05, 0) is 58.5 Å². The molecule has 0 spiro atoms. The van der Waals surface area contributed by atoms with E-state index in [9.17, 15) is 4.79 Å². The fourth-order valence-corrected chi connectivity index (χ4v) is 3.08. The van der Waals surface area contributed by atoms with Crippen LogP contribution in [0.25, 0.3) is 0 Å². The van der Waals surface area contributed by atoms with Crippen molar-refractivity contribution in [2.24, 2.45) is 11.8 Å². The average molecular weight is 282 g/mol. The molecule has 1 unspecified atom stereocenters. The molecule has 0 saturated carbocycles. The van der Waals surface area contributed by atoms with Gasteiger partial charge in [0.2, 0.25) is 5.91 Å². The van der Waals surface area contributed by atoms with Crippen molar-refractivity contribution in [3.8, 4) is 0 Å². The third-order valence-corrected chi connectivity index (χ3v) is 4.57. The van der Waals surface area contributed by atoms with Gasteiger partial charge in [0.15, 0.2) is 0 Å². The third-order valence-electron chi connectivity index (χ3n) is 4.57. The van der Waals surface area contributed by atoms with Crippen LogP contribution >= 0.6 is 0 Å². The second-order valence-electron chi connectivity index (χ2n) is 6.53. The maximum Gasteiger partial charge on any atom is 0.225 e. The number of carbonyl (C=O) groups excluding carboxylic acids is 1. The van der Waals surface area contributed by atoms with E-state index in [1.807, 2.05) is 0 Å². The van der Waals surface area contributed by atoms with E-state index in [1.54, 1.807) is 0 Å². The van der Waals surface area contributed by atoms with Gasteiger partial charge in [-0.3, -0.25) is 4.79 Å². The van der Waals surface area contributed by atoms with Crippen molar-refractivity contribution in [3.63, 3.8) is 0 Å². The summed E-state index contributed by atoms with van der Waals surface area (Å²) in [5.74, 6) is 1.32. The summed E-state index contributed by atoms with van der Waals surface area (Å²) >= 11 is 0. The molecule has 1 rings (SSSR count). The molecule has 1 heterocycles. The van der Waals surface area contributed by atoms with Crippen LogP contribution in [0.4, 0.5) is 0 Å². The van der Waals surface area contributed by atoms with Crippen LogP contribution < -0.4 is 5.32 Å². The summed E-state index contributed by atoms with van der Waals surface area (Å²) in [5, 5.41) is 3.40. The number of carbonyl (C=O) groups is 1. The Bertz CT molecular complexity index is 272. The molecular weight excluding hydrogens is 248 g/mol. The second kappa shape index (κ2) is 9.38. The molecule has 0 bridgehead atoms. The fraction of sp³-hybridized carbons (Fsp3) is 0.941. The smallest absolute Gasteiger partial charge is 0.225 e. The van der Waals surface area contributed by atoms with Gasteiger partial charge in [0.05, 0.1) is 0 Å². The highest BCUT2D eigenvalue weighted by molar-refractivity contribution is 5.79. The van der Waals surface area contributed by atoms with E-state index in [2.05, 4.69) is 37.9 Å². The Morgan fingerprint density at radius 2 is 1.90 bits per heavy atom. The number of piperidine rings is 1. The Morgan fingerprint density at radius 3 is 2.40 bits per heavy atom. The Morgan fingerprint density at radius 1 is 1.25 bits per heavy atom. The Hall–Kier alpha value is -0.570. The minimum absolute atomic E-state index is 0.235. The van der Waals surface area contributed by atoms with Crippen molar-refractivity contribution in [2.75, 3.05) is 19.6 Å². The lowest BCUT2D eigenvalue weighted by atomic mass is 9.94. The number of nitrogens with one attached hydrogen (secondary N) is 1. The normalized spacial score (nSPS) is 18.2. The quantitative estimate of drug-likeness (QED) is 0.739. The van der Waals surface area contributed by atoms with Gasteiger partial charge in [-0.1, -0.05) is 26.7 Å². The van der Waals surface area contributed by atoms with Gasteiger partial charge < -0.3 is 10.2 Å². The molecule has 1 amide bonds. The van der Waals surface area contributed by atoms with Crippen LogP contribution in [0.15, 0.2) is 0 Å². The molecule has 118 valence electrons. The Balaban J connectivity index is 2.60. The monoisotopic (exact) mass is 282 g/mol. The molecule has 0 aromatic carbocycles. The molecule has 3 nitrogen and oxygen atoms in total. The molecule has 20 heavy (non-hydrogen) atoms. The first-order valence-corrected chi connectivity index (χ1v) is 8.61. The summed E-state index contributed by atoms with van der Waals surface area (Å²) < 4.78 is 0. The Labute approximate surface area is 125 Å². The van der Waals surface area contributed by atoms with Crippen LogP contribution in [-0.2, 0) is 4.79 Å². The van der Waals surface area contributed by atoms with Gasteiger partial charge in [-0.2, -0.15) is 0 Å². The van der Waals surface area contributed by atoms with E-state index in [0.29, 0.717) is 17.9 Å². The Kier molecular flexibility index (Phi) is 8.20. The summed E-state index contributed by atoms with van der Waals surface area (Å²) in [6.07, 6.45) is 6.81. The van der Waals surface area contributed by atoms with Gasteiger partial charge >= 0.3 is 0 Å². The highest BCUT2D eigenvalue weighted by Gasteiger charge is 2.27. The molecule has 1 atom stereocenters. The maximum absolute atomic E-state index is 12.8. The van der Waals surface area contributed by atoms with E-state index < -0.39 is 0 Å². The van der Waals surface area contributed by atoms with Crippen molar-refractivity contribution in [2.45, 2.75) is 72.3 Å².